The van der Waals surface area contributed by atoms with Crippen molar-refractivity contribution in [1.29, 1.82) is 0 Å². The van der Waals surface area contributed by atoms with Crippen LogP contribution in [0.1, 0.15) is 32.4 Å². The fourth-order valence-corrected chi connectivity index (χ4v) is 1.28. The Labute approximate surface area is 101 Å². The maximum atomic E-state index is 11.8. The van der Waals surface area contributed by atoms with Crippen molar-refractivity contribution in [2.75, 3.05) is 0 Å². The number of rotatable bonds is 3. The van der Waals surface area contributed by atoms with Crippen LogP contribution in [0.4, 0.5) is 0 Å². The molecule has 0 aromatic heterocycles. The second-order valence-electron chi connectivity index (χ2n) is 4.91. The number of carbonyl (C=O) groups is 2. The van der Waals surface area contributed by atoms with Gasteiger partial charge in [-0.15, -0.1) is 0 Å². The molecule has 1 amide bonds. The van der Waals surface area contributed by atoms with Crippen molar-refractivity contribution in [3.63, 3.8) is 0 Å². The molecule has 0 saturated heterocycles. The van der Waals surface area contributed by atoms with E-state index in [1.165, 1.54) is 0 Å². The zero-order chi connectivity index (χ0) is 13.1. The highest BCUT2D eigenvalue weighted by molar-refractivity contribution is 5.87. The monoisotopic (exact) mass is 235 g/mol. The lowest BCUT2D eigenvalue weighted by Gasteiger charge is -2.22. The molecular formula is C13H17NO3. The number of carbonyl (C=O) groups excluding carboxylic acids is 1. The highest BCUT2D eigenvalue weighted by Crippen LogP contribution is 2.18. The molecule has 1 rings (SSSR count). The standard InChI is InChI=1S/C13H17NO3/c1-13(2,3)12(17)14-10(11(15)16)9-7-5-4-6-8-9/h4-8,10H,1-3H3,(H,14,17)(H,15,16)/t10-/m1/s1. The van der Waals surface area contributed by atoms with E-state index < -0.39 is 17.4 Å². The van der Waals surface area contributed by atoms with Crippen LogP contribution in [0.25, 0.3) is 0 Å². The number of nitrogens with one attached hydrogen (secondary N) is 1. The SMILES string of the molecule is CC(C)(C)C(=O)N[C@@H](C(=O)O)c1ccccc1. The summed E-state index contributed by atoms with van der Waals surface area (Å²) >= 11 is 0. The van der Waals surface area contributed by atoms with Gasteiger partial charge in [0.2, 0.25) is 5.91 Å². The first-order valence-electron chi connectivity index (χ1n) is 5.41. The minimum atomic E-state index is -1.06. The van der Waals surface area contributed by atoms with Crippen molar-refractivity contribution >= 4 is 11.9 Å². The summed E-state index contributed by atoms with van der Waals surface area (Å²) in [6.45, 7) is 5.23. The molecule has 2 N–H and O–H groups in total. The molecular weight excluding hydrogens is 218 g/mol. The van der Waals surface area contributed by atoms with Gasteiger partial charge in [0, 0.05) is 5.41 Å². The van der Waals surface area contributed by atoms with Gasteiger partial charge >= 0.3 is 5.97 Å². The molecule has 0 bridgehead atoms. The molecule has 0 aliphatic heterocycles. The first-order chi connectivity index (χ1) is 7.82. The molecule has 1 aromatic rings. The van der Waals surface area contributed by atoms with Gasteiger partial charge in [-0.05, 0) is 5.56 Å². The second-order valence-corrected chi connectivity index (χ2v) is 4.91. The maximum absolute atomic E-state index is 11.8. The quantitative estimate of drug-likeness (QED) is 0.841. The van der Waals surface area contributed by atoms with Crippen molar-refractivity contribution in [2.24, 2.45) is 5.41 Å². The van der Waals surface area contributed by atoms with E-state index in [9.17, 15) is 9.59 Å². The molecule has 92 valence electrons. The molecule has 0 heterocycles. The highest BCUT2D eigenvalue weighted by Gasteiger charge is 2.28. The normalized spacial score (nSPS) is 12.9. The lowest BCUT2D eigenvalue weighted by atomic mass is 9.94. The van der Waals surface area contributed by atoms with Gasteiger partial charge in [-0.2, -0.15) is 0 Å². The molecule has 4 heteroatoms. The minimum absolute atomic E-state index is 0.284. The van der Waals surface area contributed by atoms with Gasteiger partial charge in [0.15, 0.2) is 6.04 Å². The van der Waals surface area contributed by atoms with E-state index >= 15 is 0 Å². The Kier molecular flexibility index (Phi) is 3.89. The third-order valence-corrected chi connectivity index (χ3v) is 2.34. The summed E-state index contributed by atoms with van der Waals surface area (Å²) in [6.07, 6.45) is 0. The number of aliphatic carboxylic acids is 1. The summed E-state index contributed by atoms with van der Waals surface area (Å²) in [5, 5.41) is 11.7. The van der Waals surface area contributed by atoms with Crippen LogP contribution < -0.4 is 5.32 Å². The molecule has 0 radical (unpaired) electrons. The van der Waals surface area contributed by atoms with Gasteiger partial charge in [0.25, 0.3) is 0 Å². The summed E-state index contributed by atoms with van der Waals surface area (Å²) in [4.78, 5) is 22.9. The van der Waals surface area contributed by atoms with Gasteiger partial charge < -0.3 is 10.4 Å². The van der Waals surface area contributed by atoms with E-state index in [4.69, 9.17) is 5.11 Å². The van der Waals surface area contributed by atoms with E-state index in [0.717, 1.165) is 0 Å². The predicted molar refractivity (Wildman–Crippen MR) is 64.4 cm³/mol. The first-order valence-corrected chi connectivity index (χ1v) is 5.41. The van der Waals surface area contributed by atoms with Crippen LogP contribution in [-0.2, 0) is 9.59 Å². The summed E-state index contributed by atoms with van der Waals surface area (Å²) in [5.74, 6) is -1.34. The zero-order valence-electron chi connectivity index (χ0n) is 10.2. The molecule has 17 heavy (non-hydrogen) atoms. The maximum Gasteiger partial charge on any atom is 0.330 e. The summed E-state index contributed by atoms with van der Waals surface area (Å²) in [5.41, 5.74) is -0.0414. The minimum Gasteiger partial charge on any atom is -0.479 e. The third kappa shape index (κ3) is 3.59. The largest absolute Gasteiger partial charge is 0.479 e. The Bertz CT molecular complexity index is 406. The smallest absolute Gasteiger partial charge is 0.330 e. The second kappa shape index (κ2) is 4.99. The van der Waals surface area contributed by atoms with Crippen molar-refractivity contribution in [3.8, 4) is 0 Å². The number of carboxylic acid groups (broad SMARTS) is 1. The summed E-state index contributed by atoms with van der Waals surface area (Å²) < 4.78 is 0. The topological polar surface area (TPSA) is 66.4 Å². The first kappa shape index (κ1) is 13.2. The van der Waals surface area contributed by atoms with Gasteiger partial charge in [-0.1, -0.05) is 51.1 Å². The van der Waals surface area contributed by atoms with Crippen molar-refractivity contribution < 1.29 is 14.7 Å². The van der Waals surface area contributed by atoms with Crippen molar-refractivity contribution in [2.45, 2.75) is 26.8 Å². The van der Waals surface area contributed by atoms with E-state index in [1.54, 1.807) is 51.1 Å². The molecule has 0 saturated carbocycles. The average Bonchev–Trinajstić information content (AvgIpc) is 2.25. The molecule has 0 aliphatic rings. The Balaban J connectivity index is 2.90. The number of carboxylic acids is 1. The molecule has 1 atom stereocenters. The molecule has 4 nitrogen and oxygen atoms in total. The number of hydrogen-bond acceptors (Lipinski definition) is 2. The van der Waals surface area contributed by atoms with E-state index in [2.05, 4.69) is 5.32 Å². The molecule has 0 fully saturated rings. The molecule has 0 aliphatic carbocycles. The van der Waals surface area contributed by atoms with Gasteiger partial charge in [-0.3, -0.25) is 4.79 Å². The third-order valence-electron chi connectivity index (χ3n) is 2.34. The van der Waals surface area contributed by atoms with Crippen LogP contribution in [0.3, 0.4) is 0 Å². The van der Waals surface area contributed by atoms with Crippen molar-refractivity contribution in [3.05, 3.63) is 35.9 Å². The summed E-state index contributed by atoms with van der Waals surface area (Å²) in [6, 6.07) is 7.66. The number of amides is 1. The number of hydrogen-bond donors (Lipinski definition) is 2. The van der Waals surface area contributed by atoms with Crippen LogP contribution in [0.15, 0.2) is 30.3 Å². The van der Waals surface area contributed by atoms with E-state index in [0.29, 0.717) is 5.56 Å². The average molecular weight is 235 g/mol. The van der Waals surface area contributed by atoms with Crippen LogP contribution in [0, 0.1) is 5.41 Å². The van der Waals surface area contributed by atoms with Crippen molar-refractivity contribution in [1.82, 2.24) is 5.32 Å². The van der Waals surface area contributed by atoms with Crippen LogP contribution in [0.2, 0.25) is 0 Å². The molecule has 0 unspecified atom stereocenters. The van der Waals surface area contributed by atoms with Gasteiger partial charge in [0.05, 0.1) is 0 Å². The fourth-order valence-electron chi connectivity index (χ4n) is 1.28. The fraction of sp³-hybridized carbons (Fsp3) is 0.385. The zero-order valence-corrected chi connectivity index (χ0v) is 10.2. The predicted octanol–water partition coefficient (Wildman–Crippen LogP) is 1.97. The number of benzene rings is 1. The Morgan fingerprint density at radius 1 is 1.18 bits per heavy atom. The molecule has 0 spiro atoms. The van der Waals surface area contributed by atoms with Crippen LogP contribution in [0.5, 0.6) is 0 Å². The van der Waals surface area contributed by atoms with Crippen LogP contribution >= 0.6 is 0 Å². The van der Waals surface area contributed by atoms with Gasteiger partial charge in [-0.25, -0.2) is 4.79 Å². The lowest BCUT2D eigenvalue weighted by molar-refractivity contribution is -0.143. The molecule has 1 aromatic carbocycles. The summed E-state index contributed by atoms with van der Waals surface area (Å²) in [7, 11) is 0. The van der Waals surface area contributed by atoms with E-state index in [-0.39, 0.29) is 5.91 Å². The Hall–Kier alpha value is -1.84. The highest BCUT2D eigenvalue weighted by atomic mass is 16.4. The van der Waals surface area contributed by atoms with E-state index in [1.807, 2.05) is 0 Å². The van der Waals surface area contributed by atoms with Gasteiger partial charge in [0.1, 0.15) is 0 Å². The Morgan fingerprint density at radius 2 is 1.71 bits per heavy atom. The Morgan fingerprint density at radius 3 is 2.12 bits per heavy atom. The van der Waals surface area contributed by atoms with Crippen LogP contribution in [-0.4, -0.2) is 17.0 Å². The lowest BCUT2D eigenvalue weighted by Crippen LogP contribution is -2.40.